The summed E-state index contributed by atoms with van der Waals surface area (Å²) in [5.41, 5.74) is 1.33. The smallest absolute Gasteiger partial charge is 0.0199 e. The van der Waals surface area contributed by atoms with Crippen LogP contribution in [0.15, 0.2) is 12.2 Å². The maximum atomic E-state index is 4.14. The average Bonchev–Trinajstić information content (AvgIpc) is 3.02. The van der Waals surface area contributed by atoms with Gasteiger partial charge in [-0.1, -0.05) is 13.5 Å². The highest BCUT2D eigenvalue weighted by Gasteiger charge is 2.33. The molecule has 0 spiro atoms. The van der Waals surface area contributed by atoms with Crippen LogP contribution in [0.5, 0.6) is 0 Å². The lowest BCUT2D eigenvalue weighted by Gasteiger charge is -2.18. The third-order valence-corrected chi connectivity index (χ3v) is 3.53. The van der Waals surface area contributed by atoms with Gasteiger partial charge in [-0.15, -0.1) is 0 Å². The maximum absolute atomic E-state index is 4.14. The van der Waals surface area contributed by atoms with Gasteiger partial charge in [0.15, 0.2) is 0 Å². The SMILES string of the molecule is C=C(CNC1CC1)CN(C)CC1CC1C. The van der Waals surface area contributed by atoms with E-state index in [1.165, 1.54) is 31.4 Å². The third kappa shape index (κ3) is 3.96. The number of nitrogens with zero attached hydrogens (tertiary/aromatic N) is 1. The summed E-state index contributed by atoms with van der Waals surface area (Å²) in [7, 11) is 2.22. The van der Waals surface area contributed by atoms with E-state index in [2.05, 4.69) is 30.8 Å². The van der Waals surface area contributed by atoms with Crippen molar-refractivity contribution < 1.29 is 0 Å². The Balaban J connectivity index is 1.55. The predicted octanol–water partition coefficient (Wildman–Crippen LogP) is 1.88. The van der Waals surface area contributed by atoms with E-state index in [0.717, 1.165) is 31.0 Å². The van der Waals surface area contributed by atoms with Gasteiger partial charge in [0.1, 0.15) is 0 Å². The normalized spacial score (nSPS) is 29.5. The first kappa shape index (κ1) is 11.2. The lowest BCUT2D eigenvalue weighted by atomic mass is 10.2. The Morgan fingerprint density at radius 3 is 2.67 bits per heavy atom. The van der Waals surface area contributed by atoms with Gasteiger partial charge in [-0.2, -0.15) is 0 Å². The molecular formula is C13H24N2. The molecule has 0 radical (unpaired) electrons. The van der Waals surface area contributed by atoms with Crippen LogP contribution < -0.4 is 5.32 Å². The van der Waals surface area contributed by atoms with Gasteiger partial charge in [-0.3, -0.25) is 0 Å². The minimum atomic E-state index is 0.801. The number of rotatable bonds is 7. The second-order valence-electron chi connectivity index (χ2n) is 5.57. The Bertz CT molecular complexity index is 233. The number of nitrogens with one attached hydrogen (secondary N) is 1. The monoisotopic (exact) mass is 208 g/mol. The van der Waals surface area contributed by atoms with Crippen molar-refractivity contribution in [2.45, 2.75) is 32.2 Å². The van der Waals surface area contributed by atoms with Crippen molar-refractivity contribution >= 4 is 0 Å². The molecule has 0 amide bonds. The van der Waals surface area contributed by atoms with E-state index in [0.29, 0.717) is 0 Å². The summed E-state index contributed by atoms with van der Waals surface area (Å²) < 4.78 is 0. The summed E-state index contributed by atoms with van der Waals surface area (Å²) in [6, 6.07) is 0.801. The zero-order valence-corrected chi connectivity index (χ0v) is 10.1. The van der Waals surface area contributed by atoms with Gasteiger partial charge in [0.2, 0.25) is 0 Å². The molecule has 2 aliphatic rings. The Morgan fingerprint density at radius 2 is 2.13 bits per heavy atom. The second kappa shape index (κ2) is 4.67. The summed E-state index contributed by atoms with van der Waals surface area (Å²) in [6.45, 7) is 9.81. The van der Waals surface area contributed by atoms with Crippen molar-refractivity contribution in [3.05, 3.63) is 12.2 Å². The molecule has 2 aliphatic carbocycles. The van der Waals surface area contributed by atoms with E-state index in [-0.39, 0.29) is 0 Å². The van der Waals surface area contributed by atoms with E-state index in [9.17, 15) is 0 Å². The first-order chi connectivity index (χ1) is 7.15. The zero-order chi connectivity index (χ0) is 10.8. The molecular weight excluding hydrogens is 184 g/mol. The lowest BCUT2D eigenvalue weighted by molar-refractivity contribution is 0.337. The quantitative estimate of drug-likeness (QED) is 0.643. The molecule has 0 aromatic heterocycles. The maximum Gasteiger partial charge on any atom is 0.0199 e. The molecule has 0 aromatic carbocycles. The van der Waals surface area contributed by atoms with Crippen LogP contribution in [0.2, 0.25) is 0 Å². The topological polar surface area (TPSA) is 15.3 Å². The minimum Gasteiger partial charge on any atom is -0.310 e. The van der Waals surface area contributed by atoms with E-state index >= 15 is 0 Å². The molecule has 2 nitrogen and oxygen atoms in total. The van der Waals surface area contributed by atoms with E-state index in [1.807, 2.05) is 0 Å². The highest BCUT2D eigenvalue weighted by molar-refractivity contribution is 5.02. The molecule has 0 bridgehead atoms. The number of hydrogen-bond donors (Lipinski definition) is 1. The minimum absolute atomic E-state index is 0.801. The molecule has 0 heterocycles. The van der Waals surface area contributed by atoms with Gasteiger partial charge in [0.25, 0.3) is 0 Å². The molecule has 2 atom stereocenters. The second-order valence-corrected chi connectivity index (χ2v) is 5.57. The van der Waals surface area contributed by atoms with Gasteiger partial charge < -0.3 is 10.2 Å². The first-order valence-corrected chi connectivity index (χ1v) is 6.23. The predicted molar refractivity (Wildman–Crippen MR) is 64.9 cm³/mol. The van der Waals surface area contributed by atoms with E-state index in [1.54, 1.807) is 0 Å². The summed E-state index contributed by atoms with van der Waals surface area (Å²) in [4.78, 5) is 2.42. The third-order valence-electron chi connectivity index (χ3n) is 3.53. The number of likely N-dealkylation sites (N-methyl/N-ethyl adjacent to an activating group) is 1. The summed E-state index contributed by atoms with van der Waals surface area (Å²) in [5.74, 6) is 1.92. The van der Waals surface area contributed by atoms with Gasteiger partial charge in [-0.05, 0) is 43.7 Å². The molecule has 2 rings (SSSR count). The summed E-state index contributed by atoms with van der Waals surface area (Å²) >= 11 is 0. The largest absolute Gasteiger partial charge is 0.310 e. The van der Waals surface area contributed by atoms with Crippen LogP contribution in [-0.4, -0.2) is 37.6 Å². The van der Waals surface area contributed by atoms with Crippen molar-refractivity contribution in [3.63, 3.8) is 0 Å². The number of hydrogen-bond acceptors (Lipinski definition) is 2. The Morgan fingerprint density at radius 1 is 1.47 bits per heavy atom. The first-order valence-electron chi connectivity index (χ1n) is 6.23. The van der Waals surface area contributed by atoms with Crippen LogP contribution >= 0.6 is 0 Å². The molecule has 2 unspecified atom stereocenters. The molecule has 15 heavy (non-hydrogen) atoms. The molecule has 2 fully saturated rings. The highest BCUT2D eigenvalue weighted by atomic mass is 15.1. The summed E-state index contributed by atoms with van der Waals surface area (Å²) in [5, 5.41) is 3.51. The van der Waals surface area contributed by atoms with Crippen LogP contribution in [-0.2, 0) is 0 Å². The van der Waals surface area contributed by atoms with E-state index < -0.39 is 0 Å². The average molecular weight is 208 g/mol. The van der Waals surface area contributed by atoms with Crippen LogP contribution in [0.25, 0.3) is 0 Å². The Kier molecular flexibility index (Phi) is 3.47. The van der Waals surface area contributed by atoms with Gasteiger partial charge in [0, 0.05) is 25.7 Å². The van der Waals surface area contributed by atoms with Crippen molar-refractivity contribution in [3.8, 4) is 0 Å². The Hall–Kier alpha value is -0.340. The zero-order valence-electron chi connectivity index (χ0n) is 10.1. The van der Waals surface area contributed by atoms with Crippen LogP contribution in [0, 0.1) is 11.8 Å². The highest BCUT2D eigenvalue weighted by Crippen LogP contribution is 2.37. The molecule has 1 N–H and O–H groups in total. The molecule has 2 heteroatoms. The lowest BCUT2D eigenvalue weighted by Crippen LogP contribution is -2.28. The van der Waals surface area contributed by atoms with Crippen LogP contribution in [0.4, 0.5) is 0 Å². The molecule has 0 saturated heterocycles. The summed E-state index contributed by atoms with van der Waals surface area (Å²) in [6.07, 6.45) is 4.16. The van der Waals surface area contributed by atoms with Crippen molar-refractivity contribution in [1.29, 1.82) is 0 Å². The molecule has 0 aromatic rings. The van der Waals surface area contributed by atoms with Gasteiger partial charge in [-0.25, -0.2) is 0 Å². The van der Waals surface area contributed by atoms with Crippen molar-refractivity contribution in [2.24, 2.45) is 11.8 Å². The van der Waals surface area contributed by atoms with Crippen LogP contribution in [0.3, 0.4) is 0 Å². The molecule has 86 valence electrons. The van der Waals surface area contributed by atoms with Crippen LogP contribution in [0.1, 0.15) is 26.2 Å². The molecule has 2 saturated carbocycles. The van der Waals surface area contributed by atoms with E-state index in [4.69, 9.17) is 0 Å². The van der Waals surface area contributed by atoms with Gasteiger partial charge >= 0.3 is 0 Å². The molecule has 0 aliphatic heterocycles. The fourth-order valence-electron chi connectivity index (χ4n) is 2.13. The van der Waals surface area contributed by atoms with Crippen molar-refractivity contribution in [1.82, 2.24) is 10.2 Å². The van der Waals surface area contributed by atoms with Crippen molar-refractivity contribution in [2.75, 3.05) is 26.7 Å². The Labute approximate surface area is 93.7 Å². The standard InChI is InChI=1S/C13H24N2/c1-10(7-14-13-4-5-13)8-15(3)9-12-6-11(12)2/h11-14H,1,4-9H2,2-3H3. The van der Waals surface area contributed by atoms with Gasteiger partial charge in [0.05, 0.1) is 0 Å². The fraction of sp³-hybridized carbons (Fsp3) is 0.846. The fourth-order valence-corrected chi connectivity index (χ4v) is 2.13.